The van der Waals surface area contributed by atoms with E-state index in [0.717, 1.165) is 23.7 Å². The standard InChI is InChI=1S/C15H18ClN3OS/c1-10-8-19(9-15(2,3)20-10)12-6-4-11(5-7-12)13-17-18-14(16)21-13/h4-7,10H,8-9H2,1-3H3. The molecule has 6 heteroatoms. The second-order valence-corrected chi connectivity index (χ2v) is 7.54. The van der Waals surface area contributed by atoms with Gasteiger partial charge in [0.1, 0.15) is 5.01 Å². The third-order valence-electron chi connectivity index (χ3n) is 3.45. The van der Waals surface area contributed by atoms with Crippen molar-refractivity contribution in [1.82, 2.24) is 10.2 Å². The predicted molar refractivity (Wildman–Crippen MR) is 87.2 cm³/mol. The Morgan fingerprint density at radius 2 is 2.00 bits per heavy atom. The van der Waals surface area contributed by atoms with Crippen molar-refractivity contribution < 1.29 is 4.74 Å². The maximum atomic E-state index is 5.95. The molecule has 2 heterocycles. The smallest absolute Gasteiger partial charge is 0.207 e. The minimum Gasteiger partial charge on any atom is -0.369 e. The zero-order valence-electron chi connectivity index (χ0n) is 12.3. The molecule has 1 aromatic heterocycles. The van der Waals surface area contributed by atoms with Gasteiger partial charge in [-0.3, -0.25) is 0 Å². The SMILES string of the molecule is CC1CN(c2ccc(-c3nnc(Cl)s3)cc2)CC(C)(C)O1. The van der Waals surface area contributed by atoms with E-state index in [9.17, 15) is 0 Å². The van der Waals surface area contributed by atoms with Gasteiger partial charge in [-0.1, -0.05) is 11.3 Å². The van der Waals surface area contributed by atoms with Crippen LogP contribution in [0.1, 0.15) is 20.8 Å². The van der Waals surface area contributed by atoms with Crippen molar-refractivity contribution in [3.05, 3.63) is 28.7 Å². The van der Waals surface area contributed by atoms with Gasteiger partial charge in [-0.2, -0.15) is 0 Å². The number of halogens is 1. The molecule has 0 aliphatic carbocycles. The van der Waals surface area contributed by atoms with Crippen molar-refractivity contribution in [1.29, 1.82) is 0 Å². The second-order valence-electron chi connectivity index (χ2n) is 5.98. The van der Waals surface area contributed by atoms with Crippen LogP contribution in [0.4, 0.5) is 5.69 Å². The number of benzene rings is 1. The van der Waals surface area contributed by atoms with Gasteiger partial charge in [-0.15, -0.1) is 10.2 Å². The van der Waals surface area contributed by atoms with Crippen LogP contribution >= 0.6 is 22.9 Å². The lowest BCUT2D eigenvalue weighted by molar-refractivity contribution is -0.0749. The Bertz CT molecular complexity index is 626. The van der Waals surface area contributed by atoms with Crippen LogP contribution in [0.15, 0.2) is 24.3 Å². The first kappa shape index (κ1) is 14.8. The zero-order valence-corrected chi connectivity index (χ0v) is 13.9. The summed E-state index contributed by atoms with van der Waals surface area (Å²) in [6.07, 6.45) is 0.232. The third-order valence-corrected chi connectivity index (χ3v) is 4.52. The largest absolute Gasteiger partial charge is 0.369 e. The molecule has 0 radical (unpaired) electrons. The maximum absolute atomic E-state index is 5.95. The second kappa shape index (κ2) is 5.55. The number of hydrogen-bond acceptors (Lipinski definition) is 5. The van der Waals surface area contributed by atoms with Gasteiger partial charge in [0, 0.05) is 24.3 Å². The number of ether oxygens (including phenoxy) is 1. The van der Waals surface area contributed by atoms with Crippen molar-refractivity contribution in [3.8, 4) is 10.6 Å². The lowest BCUT2D eigenvalue weighted by Gasteiger charge is -2.43. The van der Waals surface area contributed by atoms with Crippen LogP contribution in [0.5, 0.6) is 0 Å². The fraction of sp³-hybridized carbons (Fsp3) is 0.467. The first-order valence-corrected chi connectivity index (χ1v) is 8.15. The van der Waals surface area contributed by atoms with Gasteiger partial charge in [0.25, 0.3) is 0 Å². The number of rotatable bonds is 2. The molecule has 0 saturated carbocycles. The lowest BCUT2D eigenvalue weighted by Crippen LogP contribution is -2.52. The molecule has 1 aliphatic rings. The van der Waals surface area contributed by atoms with Crippen molar-refractivity contribution in [3.63, 3.8) is 0 Å². The molecule has 3 rings (SSSR count). The van der Waals surface area contributed by atoms with E-state index in [2.05, 4.69) is 60.1 Å². The Morgan fingerprint density at radius 1 is 1.29 bits per heavy atom. The topological polar surface area (TPSA) is 38.2 Å². The third kappa shape index (κ3) is 3.36. The first-order valence-electron chi connectivity index (χ1n) is 6.95. The zero-order chi connectivity index (χ0) is 15.0. The van der Waals surface area contributed by atoms with Gasteiger partial charge >= 0.3 is 0 Å². The molecule has 1 aliphatic heterocycles. The van der Waals surface area contributed by atoms with E-state index in [1.54, 1.807) is 0 Å². The Morgan fingerprint density at radius 3 is 2.57 bits per heavy atom. The van der Waals surface area contributed by atoms with Gasteiger partial charge in [-0.25, -0.2) is 0 Å². The molecule has 0 bridgehead atoms. The number of morpholine rings is 1. The highest BCUT2D eigenvalue weighted by Gasteiger charge is 2.31. The molecule has 1 fully saturated rings. The molecule has 112 valence electrons. The molecule has 1 unspecified atom stereocenters. The maximum Gasteiger partial charge on any atom is 0.207 e. The summed E-state index contributed by atoms with van der Waals surface area (Å²) in [7, 11) is 0. The molecule has 0 spiro atoms. The molecule has 2 aromatic rings. The first-order chi connectivity index (χ1) is 9.93. The van der Waals surface area contributed by atoms with Crippen LogP contribution < -0.4 is 4.90 Å². The Hall–Kier alpha value is -1.17. The molecule has 1 aromatic carbocycles. The van der Waals surface area contributed by atoms with E-state index in [1.165, 1.54) is 17.0 Å². The van der Waals surface area contributed by atoms with E-state index in [4.69, 9.17) is 16.3 Å². The summed E-state index contributed by atoms with van der Waals surface area (Å²) < 4.78 is 6.42. The summed E-state index contributed by atoms with van der Waals surface area (Å²) in [6.45, 7) is 8.18. The number of hydrogen-bond donors (Lipinski definition) is 0. The fourth-order valence-corrected chi connectivity index (χ4v) is 3.62. The molecule has 1 atom stereocenters. The lowest BCUT2D eigenvalue weighted by atomic mass is 10.0. The van der Waals surface area contributed by atoms with Crippen molar-refractivity contribution in [2.75, 3.05) is 18.0 Å². The Kier molecular flexibility index (Phi) is 3.90. The quantitative estimate of drug-likeness (QED) is 0.841. The Balaban J connectivity index is 1.81. The molecular formula is C15H18ClN3OS. The van der Waals surface area contributed by atoms with E-state index in [-0.39, 0.29) is 11.7 Å². The molecule has 21 heavy (non-hydrogen) atoms. The fourth-order valence-electron chi connectivity index (χ4n) is 2.79. The van der Waals surface area contributed by atoms with Gasteiger partial charge in [0.2, 0.25) is 4.47 Å². The van der Waals surface area contributed by atoms with E-state index >= 15 is 0 Å². The summed E-state index contributed by atoms with van der Waals surface area (Å²) in [5, 5.41) is 8.76. The number of nitrogens with zero attached hydrogens (tertiary/aromatic N) is 3. The average Bonchev–Trinajstić information content (AvgIpc) is 2.83. The average molecular weight is 324 g/mol. The van der Waals surface area contributed by atoms with Crippen LogP contribution in [0.3, 0.4) is 0 Å². The van der Waals surface area contributed by atoms with Crippen LogP contribution in [-0.2, 0) is 4.74 Å². The highest BCUT2D eigenvalue weighted by atomic mass is 35.5. The highest BCUT2D eigenvalue weighted by molar-refractivity contribution is 7.18. The van der Waals surface area contributed by atoms with Crippen LogP contribution in [0.2, 0.25) is 4.47 Å². The molecular weight excluding hydrogens is 306 g/mol. The van der Waals surface area contributed by atoms with Crippen LogP contribution in [-0.4, -0.2) is 35.0 Å². The van der Waals surface area contributed by atoms with Gasteiger partial charge in [0.15, 0.2) is 0 Å². The van der Waals surface area contributed by atoms with E-state index < -0.39 is 0 Å². The van der Waals surface area contributed by atoms with Crippen LogP contribution in [0, 0.1) is 0 Å². The molecule has 1 saturated heterocycles. The van der Waals surface area contributed by atoms with Gasteiger partial charge in [0.05, 0.1) is 11.7 Å². The van der Waals surface area contributed by atoms with E-state index in [1.807, 2.05) is 0 Å². The highest BCUT2D eigenvalue weighted by Crippen LogP contribution is 2.30. The van der Waals surface area contributed by atoms with Crippen molar-refractivity contribution in [2.45, 2.75) is 32.5 Å². The number of aromatic nitrogens is 2. The normalized spacial score (nSPS) is 21.5. The minimum absolute atomic E-state index is 0.122. The predicted octanol–water partition coefficient (Wildman–Crippen LogP) is 3.86. The monoisotopic (exact) mass is 323 g/mol. The van der Waals surface area contributed by atoms with E-state index in [0.29, 0.717) is 4.47 Å². The number of anilines is 1. The summed E-state index contributed by atoms with van der Waals surface area (Å²) in [5.74, 6) is 0. The molecule has 4 nitrogen and oxygen atoms in total. The summed E-state index contributed by atoms with van der Waals surface area (Å²) in [4.78, 5) is 2.37. The molecule has 0 N–H and O–H groups in total. The minimum atomic E-state index is -0.122. The van der Waals surface area contributed by atoms with Crippen molar-refractivity contribution >= 4 is 28.6 Å². The van der Waals surface area contributed by atoms with Gasteiger partial charge in [-0.05, 0) is 56.6 Å². The Labute approximate surface area is 133 Å². The van der Waals surface area contributed by atoms with Gasteiger partial charge < -0.3 is 9.64 Å². The summed E-state index contributed by atoms with van der Waals surface area (Å²) in [5.41, 5.74) is 2.13. The molecule has 0 amide bonds. The van der Waals surface area contributed by atoms with Crippen LogP contribution in [0.25, 0.3) is 10.6 Å². The van der Waals surface area contributed by atoms with Crippen molar-refractivity contribution in [2.24, 2.45) is 0 Å². The summed E-state index contributed by atoms with van der Waals surface area (Å²) in [6, 6.07) is 8.39. The summed E-state index contributed by atoms with van der Waals surface area (Å²) >= 11 is 7.23.